The molecule has 86 valence electrons. The first-order chi connectivity index (χ1) is 7.50. The molecule has 0 saturated heterocycles. The molecule has 0 saturated carbocycles. The highest BCUT2D eigenvalue weighted by atomic mass is 14.9. The summed E-state index contributed by atoms with van der Waals surface area (Å²) in [6, 6.07) is 6.85. The van der Waals surface area contributed by atoms with Crippen molar-refractivity contribution in [1.29, 1.82) is 0 Å². The molecule has 1 heteroatoms. The normalized spacial score (nSPS) is 11.9. The maximum atomic E-state index is 2.36. The van der Waals surface area contributed by atoms with E-state index in [1.165, 1.54) is 22.0 Å². The summed E-state index contributed by atoms with van der Waals surface area (Å²) >= 11 is 0. The first kappa shape index (κ1) is 11.3. The number of aryl methyl sites for hydroxylation is 1. The Morgan fingerprint density at radius 1 is 1.00 bits per heavy atom. The Balaban J connectivity index is 2.69. The highest BCUT2D eigenvalue weighted by molar-refractivity contribution is 5.85. The van der Waals surface area contributed by atoms with Crippen molar-refractivity contribution >= 4 is 10.9 Å². The van der Waals surface area contributed by atoms with Crippen LogP contribution in [0.15, 0.2) is 24.4 Å². The summed E-state index contributed by atoms with van der Waals surface area (Å²) in [5.41, 5.74) is 4.23. The van der Waals surface area contributed by atoms with E-state index in [-0.39, 0.29) is 0 Å². The van der Waals surface area contributed by atoms with Gasteiger partial charge in [0.15, 0.2) is 0 Å². The van der Waals surface area contributed by atoms with Crippen LogP contribution in [-0.2, 0) is 7.05 Å². The lowest BCUT2D eigenvalue weighted by Gasteiger charge is -2.07. The molecule has 0 radical (unpaired) electrons. The van der Waals surface area contributed by atoms with E-state index in [9.17, 15) is 0 Å². The zero-order chi connectivity index (χ0) is 11.9. The van der Waals surface area contributed by atoms with Gasteiger partial charge in [-0.15, -0.1) is 0 Å². The van der Waals surface area contributed by atoms with Gasteiger partial charge < -0.3 is 4.57 Å². The van der Waals surface area contributed by atoms with Gasteiger partial charge in [0.1, 0.15) is 0 Å². The molecule has 0 N–H and O–H groups in total. The van der Waals surface area contributed by atoms with E-state index < -0.39 is 0 Å². The van der Waals surface area contributed by atoms with E-state index >= 15 is 0 Å². The highest BCUT2D eigenvalue weighted by Gasteiger charge is 2.10. The third-order valence-electron chi connectivity index (χ3n) is 3.33. The molecule has 0 atom stereocenters. The lowest BCUT2D eigenvalue weighted by Crippen LogP contribution is -1.89. The Morgan fingerprint density at radius 2 is 1.69 bits per heavy atom. The number of benzene rings is 1. The maximum absolute atomic E-state index is 2.36. The molecule has 0 aliphatic heterocycles. The second-order valence-electron chi connectivity index (χ2n) is 5.28. The quantitative estimate of drug-likeness (QED) is 0.698. The fourth-order valence-electron chi connectivity index (χ4n) is 2.26. The summed E-state index contributed by atoms with van der Waals surface area (Å²) in [6.45, 7) is 9.02. The minimum atomic E-state index is 0.589. The molecule has 1 aromatic carbocycles. The van der Waals surface area contributed by atoms with Gasteiger partial charge in [0.2, 0.25) is 0 Å². The van der Waals surface area contributed by atoms with Crippen LogP contribution in [0, 0.1) is 0 Å². The molecule has 0 aliphatic carbocycles. The highest BCUT2D eigenvalue weighted by Crippen LogP contribution is 2.29. The molecular formula is C15H21N. The van der Waals surface area contributed by atoms with Crippen LogP contribution in [-0.4, -0.2) is 4.57 Å². The molecule has 0 unspecified atom stereocenters. The van der Waals surface area contributed by atoms with Crippen LogP contribution in [0.5, 0.6) is 0 Å². The predicted octanol–water partition coefficient (Wildman–Crippen LogP) is 4.43. The molecule has 2 aromatic rings. The second kappa shape index (κ2) is 3.97. The van der Waals surface area contributed by atoms with E-state index in [0.717, 1.165) is 0 Å². The Morgan fingerprint density at radius 3 is 2.25 bits per heavy atom. The zero-order valence-electron chi connectivity index (χ0n) is 10.9. The van der Waals surface area contributed by atoms with Crippen molar-refractivity contribution in [2.75, 3.05) is 0 Å². The van der Waals surface area contributed by atoms with Gasteiger partial charge in [0, 0.05) is 24.1 Å². The van der Waals surface area contributed by atoms with Crippen molar-refractivity contribution in [3.8, 4) is 0 Å². The van der Waals surface area contributed by atoms with Crippen LogP contribution < -0.4 is 0 Å². The van der Waals surface area contributed by atoms with Gasteiger partial charge in [0.25, 0.3) is 0 Å². The number of hydrogen-bond donors (Lipinski definition) is 0. The van der Waals surface area contributed by atoms with Crippen molar-refractivity contribution in [2.45, 2.75) is 39.5 Å². The molecule has 0 aliphatic rings. The molecule has 2 rings (SSSR count). The van der Waals surface area contributed by atoms with Crippen molar-refractivity contribution in [2.24, 2.45) is 7.05 Å². The zero-order valence-corrected chi connectivity index (χ0v) is 10.9. The summed E-state index contributed by atoms with van der Waals surface area (Å²) < 4.78 is 2.23. The monoisotopic (exact) mass is 215 g/mol. The van der Waals surface area contributed by atoms with Gasteiger partial charge >= 0.3 is 0 Å². The van der Waals surface area contributed by atoms with Crippen LogP contribution in [0.2, 0.25) is 0 Å². The van der Waals surface area contributed by atoms with E-state index in [1.807, 2.05) is 0 Å². The molecule has 0 amide bonds. The Labute approximate surface area is 98.1 Å². The SMILES string of the molecule is CC(C)c1ccc2c(c1)c(C(C)C)cn2C. The number of aromatic nitrogens is 1. The average Bonchev–Trinajstić information content (AvgIpc) is 2.56. The lowest BCUT2D eigenvalue weighted by atomic mass is 9.97. The largest absolute Gasteiger partial charge is 0.350 e. The van der Waals surface area contributed by atoms with Crippen molar-refractivity contribution in [3.63, 3.8) is 0 Å². The summed E-state index contributed by atoms with van der Waals surface area (Å²) in [6.07, 6.45) is 2.26. The van der Waals surface area contributed by atoms with Gasteiger partial charge in [-0.25, -0.2) is 0 Å². The maximum Gasteiger partial charge on any atom is 0.0480 e. The third-order valence-corrected chi connectivity index (χ3v) is 3.33. The number of hydrogen-bond acceptors (Lipinski definition) is 0. The standard InChI is InChI=1S/C15H21N/c1-10(2)12-6-7-15-13(8-12)14(11(3)4)9-16(15)5/h6-11H,1-5H3. The van der Waals surface area contributed by atoms with Gasteiger partial charge in [-0.1, -0.05) is 33.8 Å². The third kappa shape index (κ3) is 1.75. The molecular weight excluding hydrogens is 194 g/mol. The Kier molecular flexibility index (Phi) is 2.79. The lowest BCUT2D eigenvalue weighted by molar-refractivity contribution is 0.856. The Hall–Kier alpha value is -1.24. The van der Waals surface area contributed by atoms with Gasteiger partial charge in [-0.05, 0) is 35.1 Å². The molecule has 16 heavy (non-hydrogen) atoms. The summed E-state index contributed by atoms with van der Waals surface area (Å²) in [5, 5.41) is 1.42. The number of rotatable bonds is 2. The fraction of sp³-hybridized carbons (Fsp3) is 0.467. The molecule has 0 fully saturated rings. The minimum Gasteiger partial charge on any atom is -0.350 e. The summed E-state index contributed by atoms with van der Waals surface area (Å²) in [7, 11) is 2.13. The van der Waals surface area contributed by atoms with E-state index in [0.29, 0.717) is 11.8 Å². The predicted molar refractivity (Wildman–Crippen MR) is 71.1 cm³/mol. The van der Waals surface area contributed by atoms with E-state index in [1.54, 1.807) is 0 Å². The molecule has 0 spiro atoms. The fourth-order valence-corrected chi connectivity index (χ4v) is 2.26. The van der Waals surface area contributed by atoms with Crippen LogP contribution in [0.25, 0.3) is 10.9 Å². The molecule has 0 bridgehead atoms. The smallest absolute Gasteiger partial charge is 0.0480 e. The Bertz CT molecular complexity index is 503. The van der Waals surface area contributed by atoms with Crippen LogP contribution >= 0.6 is 0 Å². The summed E-state index contributed by atoms with van der Waals surface area (Å²) in [5.74, 6) is 1.19. The van der Waals surface area contributed by atoms with Crippen molar-refractivity contribution in [3.05, 3.63) is 35.5 Å². The number of fused-ring (bicyclic) bond motifs is 1. The second-order valence-corrected chi connectivity index (χ2v) is 5.28. The van der Waals surface area contributed by atoms with Gasteiger partial charge in [0.05, 0.1) is 0 Å². The molecule has 1 heterocycles. The minimum absolute atomic E-state index is 0.589. The average molecular weight is 215 g/mol. The van der Waals surface area contributed by atoms with Crippen LogP contribution in [0.4, 0.5) is 0 Å². The first-order valence-corrected chi connectivity index (χ1v) is 6.09. The van der Waals surface area contributed by atoms with Gasteiger partial charge in [-0.2, -0.15) is 0 Å². The molecule has 1 aromatic heterocycles. The first-order valence-electron chi connectivity index (χ1n) is 6.09. The summed E-state index contributed by atoms with van der Waals surface area (Å²) in [4.78, 5) is 0. The molecule has 1 nitrogen and oxygen atoms in total. The van der Waals surface area contributed by atoms with E-state index in [2.05, 4.69) is 63.7 Å². The van der Waals surface area contributed by atoms with E-state index in [4.69, 9.17) is 0 Å². The number of nitrogens with zero attached hydrogens (tertiary/aromatic N) is 1. The van der Waals surface area contributed by atoms with Crippen molar-refractivity contribution in [1.82, 2.24) is 4.57 Å². The van der Waals surface area contributed by atoms with Crippen molar-refractivity contribution < 1.29 is 0 Å². The van der Waals surface area contributed by atoms with Gasteiger partial charge in [-0.3, -0.25) is 0 Å². The topological polar surface area (TPSA) is 4.93 Å². The van der Waals surface area contributed by atoms with Crippen LogP contribution in [0.3, 0.4) is 0 Å². The van der Waals surface area contributed by atoms with Crippen LogP contribution in [0.1, 0.15) is 50.7 Å².